The molecule has 0 aliphatic carbocycles. The molecule has 0 saturated carbocycles. The Labute approximate surface area is 129 Å². The first-order chi connectivity index (χ1) is 10.5. The molecule has 0 heterocycles. The Bertz CT molecular complexity index is 694. The summed E-state index contributed by atoms with van der Waals surface area (Å²) < 4.78 is 4.98. The normalized spacial score (nSPS) is 10.1. The average molecular weight is 298 g/mol. The van der Waals surface area contributed by atoms with E-state index < -0.39 is 5.97 Å². The van der Waals surface area contributed by atoms with Gasteiger partial charge in [0.1, 0.15) is 0 Å². The van der Waals surface area contributed by atoms with E-state index in [-0.39, 0.29) is 12.5 Å². The van der Waals surface area contributed by atoms with Crippen molar-refractivity contribution in [2.45, 2.75) is 13.8 Å². The van der Waals surface area contributed by atoms with Crippen LogP contribution in [0.1, 0.15) is 21.5 Å². The number of nitrogens with one attached hydrogen (secondary N) is 1. The molecule has 0 spiro atoms. The van der Waals surface area contributed by atoms with Crippen molar-refractivity contribution >= 4 is 23.3 Å². The lowest BCUT2D eigenvalue weighted by molar-refractivity contribution is -0.119. The fraction of sp³-hybridized carbons (Fsp3) is 0.176. The maximum atomic E-state index is 11.9. The molecule has 0 aromatic heterocycles. The van der Waals surface area contributed by atoms with Crippen LogP contribution < -0.4 is 11.1 Å². The van der Waals surface area contributed by atoms with E-state index in [4.69, 9.17) is 10.5 Å². The predicted octanol–water partition coefficient (Wildman–Crippen LogP) is 2.68. The molecular weight excluding hydrogens is 280 g/mol. The highest BCUT2D eigenvalue weighted by molar-refractivity contribution is 5.96. The summed E-state index contributed by atoms with van der Waals surface area (Å²) in [7, 11) is 0. The summed E-state index contributed by atoms with van der Waals surface area (Å²) in [5, 5.41) is 2.73. The van der Waals surface area contributed by atoms with Gasteiger partial charge in [-0.2, -0.15) is 0 Å². The molecule has 3 N–H and O–H groups in total. The lowest BCUT2D eigenvalue weighted by Crippen LogP contribution is -2.21. The summed E-state index contributed by atoms with van der Waals surface area (Å²) in [6.07, 6.45) is 0. The topological polar surface area (TPSA) is 81.4 Å². The number of aryl methyl sites for hydroxylation is 2. The lowest BCUT2D eigenvalue weighted by Gasteiger charge is -2.10. The minimum absolute atomic E-state index is 0.337. The van der Waals surface area contributed by atoms with E-state index in [9.17, 15) is 9.59 Å². The highest BCUT2D eigenvalue weighted by Gasteiger charge is 2.11. The van der Waals surface area contributed by atoms with Gasteiger partial charge in [0.2, 0.25) is 0 Å². The maximum absolute atomic E-state index is 11.9. The van der Waals surface area contributed by atoms with Gasteiger partial charge in [0, 0.05) is 11.4 Å². The summed E-state index contributed by atoms with van der Waals surface area (Å²) in [4.78, 5) is 23.6. The second-order valence-electron chi connectivity index (χ2n) is 5.06. The van der Waals surface area contributed by atoms with Crippen LogP contribution in [-0.2, 0) is 9.53 Å². The van der Waals surface area contributed by atoms with Crippen LogP contribution in [0.15, 0.2) is 42.5 Å². The summed E-state index contributed by atoms with van der Waals surface area (Å²) >= 11 is 0. The molecule has 114 valence electrons. The third-order valence-corrected chi connectivity index (χ3v) is 3.15. The van der Waals surface area contributed by atoms with Crippen LogP contribution in [0.3, 0.4) is 0 Å². The molecule has 5 heteroatoms. The molecular formula is C17H18N2O3. The van der Waals surface area contributed by atoms with Crippen molar-refractivity contribution in [2.75, 3.05) is 17.7 Å². The van der Waals surface area contributed by atoms with E-state index in [1.807, 2.05) is 32.0 Å². The molecule has 2 aromatic rings. The SMILES string of the molecule is Cc1ccc(C)c(NC(=O)COC(=O)c2ccc(N)cc2)c1. The van der Waals surface area contributed by atoms with Crippen LogP contribution in [0.5, 0.6) is 0 Å². The van der Waals surface area contributed by atoms with E-state index in [1.54, 1.807) is 24.3 Å². The van der Waals surface area contributed by atoms with Gasteiger partial charge >= 0.3 is 5.97 Å². The molecule has 5 nitrogen and oxygen atoms in total. The van der Waals surface area contributed by atoms with Gasteiger partial charge in [-0.25, -0.2) is 4.79 Å². The number of carbonyl (C=O) groups excluding carboxylic acids is 2. The average Bonchev–Trinajstić information content (AvgIpc) is 2.49. The fourth-order valence-corrected chi connectivity index (χ4v) is 1.89. The number of hydrogen-bond donors (Lipinski definition) is 2. The van der Waals surface area contributed by atoms with Crippen LogP contribution >= 0.6 is 0 Å². The monoisotopic (exact) mass is 298 g/mol. The number of carbonyl (C=O) groups is 2. The standard InChI is InChI=1S/C17H18N2O3/c1-11-3-4-12(2)15(9-11)19-16(20)10-22-17(21)13-5-7-14(18)8-6-13/h3-9H,10,18H2,1-2H3,(H,19,20). The van der Waals surface area contributed by atoms with Crippen LogP contribution in [0.25, 0.3) is 0 Å². The van der Waals surface area contributed by atoms with Gasteiger partial charge < -0.3 is 15.8 Å². The Balaban J connectivity index is 1.91. The summed E-state index contributed by atoms with van der Waals surface area (Å²) in [6.45, 7) is 3.50. The van der Waals surface area contributed by atoms with Gasteiger partial charge in [-0.1, -0.05) is 12.1 Å². The van der Waals surface area contributed by atoms with E-state index in [0.29, 0.717) is 16.9 Å². The molecule has 0 unspecified atom stereocenters. The van der Waals surface area contributed by atoms with Crippen molar-refractivity contribution in [1.29, 1.82) is 0 Å². The molecule has 2 aromatic carbocycles. The molecule has 0 atom stereocenters. The number of amides is 1. The predicted molar refractivity (Wildman–Crippen MR) is 85.7 cm³/mol. The van der Waals surface area contributed by atoms with Crippen LogP contribution in [0.2, 0.25) is 0 Å². The van der Waals surface area contributed by atoms with Gasteiger partial charge in [-0.3, -0.25) is 4.79 Å². The smallest absolute Gasteiger partial charge is 0.338 e. The number of anilines is 2. The lowest BCUT2D eigenvalue weighted by atomic mass is 10.1. The zero-order chi connectivity index (χ0) is 16.1. The first kappa shape index (κ1) is 15.6. The second-order valence-corrected chi connectivity index (χ2v) is 5.06. The third kappa shape index (κ3) is 4.09. The highest BCUT2D eigenvalue weighted by Crippen LogP contribution is 2.16. The fourth-order valence-electron chi connectivity index (χ4n) is 1.89. The third-order valence-electron chi connectivity index (χ3n) is 3.15. The number of nitrogens with two attached hydrogens (primary N) is 1. The highest BCUT2D eigenvalue weighted by atomic mass is 16.5. The number of hydrogen-bond acceptors (Lipinski definition) is 4. The minimum Gasteiger partial charge on any atom is -0.452 e. The van der Waals surface area contributed by atoms with Gasteiger partial charge in [-0.05, 0) is 55.3 Å². The summed E-state index contributed by atoms with van der Waals surface area (Å²) in [6, 6.07) is 12.1. The Hall–Kier alpha value is -2.82. The molecule has 0 aliphatic rings. The number of esters is 1. The second kappa shape index (κ2) is 6.76. The first-order valence-electron chi connectivity index (χ1n) is 6.85. The van der Waals surface area contributed by atoms with Gasteiger partial charge in [0.15, 0.2) is 6.61 Å². The van der Waals surface area contributed by atoms with Crippen molar-refractivity contribution in [2.24, 2.45) is 0 Å². The molecule has 22 heavy (non-hydrogen) atoms. The van der Waals surface area contributed by atoms with Crippen molar-refractivity contribution < 1.29 is 14.3 Å². The number of nitrogen functional groups attached to an aromatic ring is 1. The van der Waals surface area contributed by atoms with Gasteiger partial charge in [-0.15, -0.1) is 0 Å². The van der Waals surface area contributed by atoms with Gasteiger partial charge in [0.25, 0.3) is 5.91 Å². The van der Waals surface area contributed by atoms with Crippen molar-refractivity contribution in [3.63, 3.8) is 0 Å². The minimum atomic E-state index is -0.559. The molecule has 0 fully saturated rings. The number of rotatable bonds is 4. The molecule has 1 amide bonds. The first-order valence-corrected chi connectivity index (χ1v) is 6.85. The van der Waals surface area contributed by atoms with Crippen LogP contribution in [0, 0.1) is 13.8 Å². The maximum Gasteiger partial charge on any atom is 0.338 e. The largest absolute Gasteiger partial charge is 0.452 e. The van der Waals surface area contributed by atoms with Gasteiger partial charge in [0.05, 0.1) is 5.56 Å². The summed E-state index contributed by atoms with van der Waals surface area (Å²) in [5.74, 6) is -0.936. The molecule has 0 aliphatic heterocycles. The van der Waals surface area contributed by atoms with Crippen molar-refractivity contribution in [3.8, 4) is 0 Å². The van der Waals surface area contributed by atoms with E-state index in [1.165, 1.54) is 0 Å². The Morgan fingerprint density at radius 2 is 1.77 bits per heavy atom. The van der Waals surface area contributed by atoms with Crippen molar-refractivity contribution in [3.05, 3.63) is 59.2 Å². The van der Waals surface area contributed by atoms with E-state index in [0.717, 1.165) is 11.1 Å². The number of benzene rings is 2. The molecule has 2 rings (SSSR count). The van der Waals surface area contributed by atoms with E-state index in [2.05, 4.69) is 5.32 Å². The van der Waals surface area contributed by atoms with E-state index >= 15 is 0 Å². The van der Waals surface area contributed by atoms with Crippen molar-refractivity contribution in [1.82, 2.24) is 0 Å². The summed E-state index contributed by atoms with van der Waals surface area (Å²) in [5.41, 5.74) is 9.17. The van der Waals surface area contributed by atoms with Crippen LogP contribution in [-0.4, -0.2) is 18.5 Å². The molecule has 0 radical (unpaired) electrons. The zero-order valence-corrected chi connectivity index (χ0v) is 12.6. The quantitative estimate of drug-likeness (QED) is 0.671. The zero-order valence-electron chi connectivity index (χ0n) is 12.6. The Kier molecular flexibility index (Phi) is 4.78. The number of ether oxygens (including phenoxy) is 1. The molecule has 0 bridgehead atoms. The van der Waals surface area contributed by atoms with Crippen LogP contribution in [0.4, 0.5) is 11.4 Å². The Morgan fingerprint density at radius 1 is 1.09 bits per heavy atom. The Morgan fingerprint density at radius 3 is 2.45 bits per heavy atom. The molecule has 0 saturated heterocycles.